The Morgan fingerprint density at radius 2 is 2.00 bits per heavy atom. The Kier molecular flexibility index (Phi) is 3.05. The highest BCUT2D eigenvalue weighted by molar-refractivity contribution is 5.92. The van der Waals surface area contributed by atoms with Crippen molar-refractivity contribution in [2.75, 3.05) is 5.73 Å². The molecule has 0 saturated carbocycles. The summed E-state index contributed by atoms with van der Waals surface area (Å²) in [5.74, 6) is 0.518. The Bertz CT molecular complexity index is 556. The van der Waals surface area contributed by atoms with E-state index in [2.05, 4.69) is 50.9 Å². The van der Waals surface area contributed by atoms with Crippen LogP contribution < -0.4 is 5.73 Å². The molecule has 17 heavy (non-hydrogen) atoms. The highest BCUT2D eigenvalue weighted by Crippen LogP contribution is 2.28. The van der Waals surface area contributed by atoms with Crippen molar-refractivity contribution < 1.29 is 0 Å². The number of pyridine rings is 1. The predicted octanol–water partition coefficient (Wildman–Crippen LogP) is 3.81. The lowest BCUT2D eigenvalue weighted by atomic mass is 9.98. The van der Waals surface area contributed by atoms with E-state index in [1.165, 1.54) is 5.56 Å². The molecule has 0 aliphatic rings. The van der Waals surface area contributed by atoms with Crippen molar-refractivity contribution in [2.45, 2.75) is 40.0 Å². The van der Waals surface area contributed by atoms with Gasteiger partial charge in [0.05, 0.1) is 5.52 Å². The van der Waals surface area contributed by atoms with Crippen molar-refractivity contribution in [3.05, 3.63) is 35.0 Å². The fourth-order valence-electron chi connectivity index (χ4n) is 2.16. The summed E-state index contributed by atoms with van der Waals surface area (Å²) in [5.41, 5.74) is 11.7. The topological polar surface area (TPSA) is 38.9 Å². The first-order valence-corrected chi connectivity index (χ1v) is 6.23. The van der Waals surface area contributed by atoms with Gasteiger partial charge in [-0.15, -0.1) is 0 Å². The summed E-state index contributed by atoms with van der Waals surface area (Å²) < 4.78 is 0. The van der Waals surface area contributed by atoms with E-state index in [1.807, 2.05) is 0 Å². The quantitative estimate of drug-likeness (QED) is 0.848. The van der Waals surface area contributed by atoms with Crippen LogP contribution in [0.15, 0.2) is 18.2 Å². The molecule has 0 aliphatic heterocycles. The largest absolute Gasteiger partial charge is 0.398 e. The molecule has 2 N–H and O–H groups in total. The maximum Gasteiger partial charge on any atom is 0.0726 e. The first kappa shape index (κ1) is 11.9. The molecule has 0 atom stereocenters. The smallest absolute Gasteiger partial charge is 0.0726 e. The maximum atomic E-state index is 6.22. The molecule has 0 unspecified atom stereocenters. The molecule has 0 amide bonds. The van der Waals surface area contributed by atoms with Crippen LogP contribution in [-0.2, 0) is 6.42 Å². The van der Waals surface area contributed by atoms with E-state index < -0.39 is 0 Å². The Balaban J connectivity index is 2.74. The maximum absolute atomic E-state index is 6.22. The number of hydrogen-bond donors (Lipinski definition) is 1. The lowest BCUT2D eigenvalue weighted by Gasteiger charge is -2.12. The second-order valence-electron chi connectivity index (χ2n) is 4.88. The zero-order chi connectivity index (χ0) is 12.6. The molecule has 0 fully saturated rings. The van der Waals surface area contributed by atoms with Crippen LogP contribution in [0.1, 0.15) is 43.5 Å². The van der Waals surface area contributed by atoms with E-state index in [0.29, 0.717) is 5.92 Å². The number of hydrogen-bond acceptors (Lipinski definition) is 2. The number of aryl methyl sites for hydroxylation is 1. The Morgan fingerprint density at radius 3 is 2.59 bits per heavy atom. The summed E-state index contributed by atoms with van der Waals surface area (Å²) in [6, 6.07) is 6.41. The van der Waals surface area contributed by atoms with Gasteiger partial charge in [0.25, 0.3) is 0 Å². The molecular weight excluding hydrogens is 208 g/mol. The molecule has 1 aromatic heterocycles. The number of aromatic nitrogens is 1. The molecule has 1 heterocycles. The summed E-state index contributed by atoms with van der Waals surface area (Å²) in [4.78, 5) is 4.67. The molecule has 0 bridgehead atoms. The summed E-state index contributed by atoms with van der Waals surface area (Å²) >= 11 is 0. The SMILES string of the molecule is CCc1nc2ccc(C(C)C)cc2c(N)c1C. The van der Waals surface area contributed by atoms with Crippen LogP contribution in [0, 0.1) is 6.92 Å². The number of benzene rings is 1. The number of nitrogen functional groups attached to an aromatic ring is 1. The van der Waals surface area contributed by atoms with Gasteiger partial charge in [0, 0.05) is 16.8 Å². The van der Waals surface area contributed by atoms with E-state index in [1.54, 1.807) is 0 Å². The van der Waals surface area contributed by atoms with Crippen LogP contribution in [0.3, 0.4) is 0 Å². The third kappa shape index (κ3) is 1.99. The van der Waals surface area contributed by atoms with Gasteiger partial charge in [-0.05, 0) is 42.5 Å². The fourth-order valence-corrected chi connectivity index (χ4v) is 2.16. The molecule has 2 nitrogen and oxygen atoms in total. The minimum Gasteiger partial charge on any atom is -0.398 e. The third-order valence-corrected chi connectivity index (χ3v) is 3.40. The van der Waals surface area contributed by atoms with Gasteiger partial charge in [0.2, 0.25) is 0 Å². The Labute approximate surface area is 103 Å². The zero-order valence-electron chi connectivity index (χ0n) is 11.0. The van der Waals surface area contributed by atoms with Crippen LogP contribution in [-0.4, -0.2) is 4.98 Å². The number of rotatable bonds is 2. The number of nitrogens with zero attached hydrogens (tertiary/aromatic N) is 1. The monoisotopic (exact) mass is 228 g/mol. The van der Waals surface area contributed by atoms with Gasteiger partial charge in [-0.1, -0.05) is 26.8 Å². The van der Waals surface area contributed by atoms with Crippen molar-refractivity contribution in [3.63, 3.8) is 0 Å². The molecule has 0 spiro atoms. The van der Waals surface area contributed by atoms with Crippen LogP contribution in [0.25, 0.3) is 10.9 Å². The minimum absolute atomic E-state index is 0.518. The first-order chi connectivity index (χ1) is 8.04. The number of nitrogens with two attached hydrogens (primary N) is 1. The summed E-state index contributed by atoms with van der Waals surface area (Å²) in [5, 5.41) is 1.09. The van der Waals surface area contributed by atoms with E-state index in [9.17, 15) is 0 Å². The van der Waals surface area contributed by atoms with Crippen molar-refractivity contribution in [3.8, 4) is 0 Å². The minimum atomic E-state index is 0.518. The number of anilines is 1. The van der Waals surface area contributed by atoms with Crippen molar-refractivity contribution in [1.82, 2.24) is 4.98 Å². The van der Waals surface area contributed by atoms with Gasteiger partial charge in [0.15, 0.2) is 0 Å². The third-order valence-electron chi connectivity index (χ3n) is 3.40. The summed E-state index contributed by atoms with van der Waals surface area (Å²) in [6.07, 6.45) is 0.928. The van der Waals surface area contributed by atoms with Gasteiger partial charge in [-0.2, -0.15) is 0 Å². The summed E-state index contributed by atoms with van der Waals surface area (Å²) in [6.45, 7) is 8.56. The second-order valence-corrected chi connectivity index (χ2v) is 4.88. The molecule has 2 aromatic rings. The highest BCUT2D eigenvalue weighted by atomic mass is 14.7. The molecule has 90 valence electrons. The molecule has 2 rings (SSSR count). The van der Waals surface area contributed by atoms with Gasteiger partial charge in [0.1, 0.15) is 0 Å². The first-order valence-electron chi connectivity index (χ1n) is 6.23. The van der Waals surface area contributed by atoms with Crippen LogP contribution in [0.5, 0.6) is 0 Å². The van der Waals surface area contributed by atoms with Gasteiger partial charge >= 0.3 is 0 Å². The van der Waals surface area contributed by atoms with Crippen molar-refractivity contribution in [1.29, 1.82) is 0 Å². The molecule has 0 radical (unpaired) electrons. The average Bonchev–Trinajstić information content (AvgIpc) is 2.33. The van der Waals surface area contributed by atoms with E-state index in [-0.39, 0.29) is 0 Å². The fraction of sp³-hybridized carbons (Fsp3) is 0.400. The van der Waals surface area contributed by atoms with Crippen molar-refractivity contribution in [2.24, 2.45) is 0 Å². The van der Waals surface area contributed by atoms with Crippen LogP contribution >= 0.6 is 0 Å². The van der Waals surface area contributed by atoms with Gasteiger partial charge in [-0.25, -0.2) is 0 Å². The van der Waals surface area contributed by atoms with Gasteiger partial charge in [-0.3, -0.25) is 4.98 Å². The lowest BCUT2D eigenvalue weighted by Crippen LogP contribution is -2.01. The molecule has 0 saturated heterocycles. The average molecular weight is 228 g/mol. The van der Waals surface area contributed by atoms with Crippen LogP contribution in [0.4, 0.5) is 5.69 Å². The summed E-state index contributed by atoms with van der Waals surface area (Å²) in [7, 11) is 0. The predicted molar refractivity (Wildman–Crippen MR) is 74.4 cm³/mol. The lowest BCUT2D eigenvalue weighted by molar-refractivity contribution is 0.868. The Morgan fingerprint density at radius 1 is 1.29 bits per heavy atom. The van der Waals surface area contributed by atoms with Gasteiger partial charge < -0.3 is 5.73 Å². The van der Waals surface area contributed by atoms with E-state index >= 15 is 0 Å². The van der Waals surface area contributed by atoms with Crippen LogP contribution in [0.2, 0.25) is 0 Å². The normalized spacial score (nSPS) is 11.4. The molecule has 1 aromatic carbocycles. The standard InChI is InChI=1S/C15H20N2/c1-5-13-10(4)15(16)12-8-11(9(2)3)6-7-14(12)17-13/h6-9H,5H2,1-4H3,(H2,16,17). The highest BCUT2D eigenvalue weighted by Gasteiger charge is 2.09. The molecule has 0 aliphatic carbocycles. The Hall–Kier alpha value is -1.57. The second kappa shape index (κ2) is 4.36. The number of fused-ring (bicyclic) bond motifs is 1. The molecule has 2 heteroatoms. The molecular formula is C15H20N2. The van der Waals surface area contributed by atoms with E-state index in [4.69, 9.17) is 5.73 Å². The van der Waals surface area contributed by atoms with E-state index in [0.717, 1.165) is 34.3 Å². The van der Waals surface area contributed by atoms with Crippen molar-refractivity contribution >= 4 is 16.6 Å². The zero-order valence-corrected chi connectivity index (χ0v) is 11.0.